The van der Waals surface area contributed by atoms with Gasteiger partial charge in [0.2, 0.25) is 5.89 Å². The Kier molecular flexibility index (Phi) is 14.2. The van der Waals surface area contributed by atoms with E-state index in [0.29, 0.717) is 40.5 Å². The van der Waals surface area contributed by atoms with Crippen LogP contribution in [-0.2, 0) is 4.74 Å². The first-order valence-corrected chi connectivity index (χ1v) is 17.1. The quantitative estimate of drug-likeness (QED) is 0.0547. The van der Waals surface area contributed by atoms with E-state index in [1.165, 1.54) is 57.8 Å². The fourth-order valence-corrected chi connectivity index (χ4v) is 5.29. The minimum absolute atomic E-state index is 0.142. The number of carbonyl (C=O) groups is 2. The van der Waals surface area contributed by atoms with Crippen molar-refractivity contribution >= 4 is 23.0 Å². The molecule has 7 heteroatoms. The third-order valence-corrected chi connectivity index (χ3v) is 8.06. The smallest absolute Gasteiger partial charge is 0.343 e. The zero-order valence-corrected chi connectivity index (χ0v) is 27.7. The van der Waals surface area contributed by atoms with Crippen LogP contribution in [0.5, 0.6) is 11.5 Å². The maximum atomic E-state index is 12.9. The van der Waals surface area contributed by atoms with E-state index in [0.717, 1.165) is 37.0 Å². The summed E-state index contributed by atoms with van der Waals surface area (Å²) >= 11 is 0. The molecule has 0 fully saturated rings. The van der Waals surface area contributed by atoms with Crippen molar-refractivity contribution in [2.24, 2.45) is 0 Å². The molecular weight excluding hydrogens is 578 g/mol. The van der Waals surface area contributed by atoms with Crippen molar-refractivity contribution in [3.63, 3.8) is 0 Å². The molecule has 0 radical (unpaired) electrons. The minimum atomic E-state index is -0.527. The van der Waals surface area contributed by atoms with Crippen LogP contribution in [0.4, 0.5) is 0 Å². The molecular formula is C39H49NO6. The Balaban J connectivity index is 1.25. The molecule has 0 saturated heterocycles. The summed E-state index contributed by atoms with van der Waals surface area (Å²) < 4.78 is 23.0. The topological polar surface area (TPSA) is 87.9 Å². The van der Waals surface area contributed by atoms with Gasteiger partial charge in [-0.25, -0.2) is 14.6 Å². The summed E-state index contributed by atoms with van der Waals surface area (Å²) in [6.07, 6.45) is 15.4. The fraction of sp³-hybridized carbons (Fsp3) is 0.462. The predicted octanol–water partition coefficient (Wildman–Crippen LogP) is 10.7. The molecule has 0 N–H and O–H groups in total. The number of benzene rings is 3. The van der Waals surface area contributed by atoms with Crippen molar-refractivity contribution in [2.45, 2.75) is 110 Å². The summed E-state index contributed by atoms with van der Waals surface area (Å²) in [5.41, 5.74) is 2.71. The molecule has 0 aliphatic heterocycles. The largest absolute Gasteiger partial charge is 0.494 e. The predicted molar refractivity (Wildman–Crippen MR) is 183 cm³/mol. The molecule has 1 heterocycles. The van der Waals surface area contributed by atoms with Gasteiger partial charge in [0.05, 0.1) is 23.8 Å². The number of rotatable bonds is 20. The Labute approximate surface area is 273 Å². The molecule has 0 aliphatic carbocycles. The summed E-state index contributed by atoms with van der Waals surface area (Å²) in [5.74, 6) is 0.715. The maximum absolute atomic E-state index is 12.9. The van der Waals surface area contributed by atoms with Crippen molar-refractivity contribution in [2.75, 3.05) is 6.61 Å². The molecule has 4 aromatic rings. The number of unbranched alkanes of at least 4 members (excludes halogenated alkanes) is 10. The summed E-state index contributed by atoms with van der Waals surface area (Å²) in [6, 6.07) is 19.1. The van der Waals surface area contributed by atoms with Crippen molar-refractivity contribution in [3.05, 3.63) is 77.9 Å². The second-order valence-electron chi connectivity index (χ2n) is 12.0. The first kappa shape index (κ1) is 34.7. The molecule has 0 spiro atoms. The molecule has 4 rings (SSSR count). The van der Waals surface area contributed by atoms with E-state index in [1.54, 1.807) is 42.5 Å². The lowest BCUT2D eigenvalue weighted by Crippen LogP contribution is -2.15. The van der Waals surface area contributed by atoms with Crippen LogP contribution in [0.3, 0.4) is 0 Å². The average Bonchev–Trinajstić information content (AvgIpc) is 3.50. The van der Waals surface area contributed by atoms with Crippen LogP contribution in [0.2, 0.25) is 0 Å². The van der Waals surface area contributed by atoms with Crippen LogP contribution in [0.25, 0.3) is 22.6 Å². The zero-order valence-electron chi connectivity index (χ0n) is 27.7. The van der Waals surface area contributed by atoms with Gasteiger partial charge < -0.3 is 18.6 Å². The van der Waals surface area contributed by atoms with Crippen LogP contribution >= 0.6 is 0 Å². The van der Waals surface area contributed by atoms with E-state index < -0.39 is 5.97 Å². The number of fused-ring (bicyclic) bond motifs is 1. The first-order chi connectivity index (χ1) is 22.5. The lowest BCUT2D eigenvalue weighted by Gasteiger charge is -2.13. The molecule has 1 atom stereocenters. The molecule has 0 unspecified atom stereocenters. The average molecular weight is 628 g/mol. The van der Waals surface area contributed by atoms with Gasteiger partial charge >= 0.3 is 11.9 Å². The highest BCUT2D eigenvalue weighted by atomic mass is 16.5. The number of esters is 2. The van der Waals surface area contributed by atoms with Crippen LogP contribution in [0, 0.1) is 0 Å². The third-order valence-electron chi connectivity index (χ3n) is 8.06. The number of hydrogen-bond acceptors (Lipinski definition) is 7. The maximum Gasteiger partial charge on any atom is 0.343 e. The van der Waals surface area contributed by atoms with Gasteiger partial charge in [-0.15, -0.1) is 0 Å². The van der Waals surface area contributed by atoms with Crippen molar-refractivity contribution < 1.29 is 28.2 Å². The standard InChI is InChI=1S/C39H49NO6/c1-4-6-8-10-11-12-13-15-27-43-33-22-17-30(18-23-33)37-40-35-28-32(21-26-36(35)46-37)39(42)45-34-24-19-31(20-25-34)38(41)44-29(3)16-14-9-7-5-2/h17-26,28-29H,4-16,27H2,1-3H3/t29-/m0/s1. The number of hydrogen-bond donors (Lipinski definition) is 0. The number of ether oxygens (including phenoxy) is 3. The van der Waals surface area contributed by atoms with Crippen LogP contribution < -0.4 is 9.47 Å². The zero-order chi connectivity index (χ0) is 32.6. The third kappa shape index (κ3) is 11.0. The van der Waals surface area contributed by atoms with Gasteiger partial charge in [-0.3, -0.25) is 0 Å². The molecule has 7 nitrogen and oxygen atoms in total. The van der Waals surface area contributed by atoms with Crippen molar-refractivity contribution in [1.29, 1.82) is 0 Å². The molecule has 3 aromatic carbocycles. The highest BCUT2D eigenvalue weighted by Crippen LogP contribution is 2.27. The Bertz CT molecular complexity index is 1490. The summed E-state index contributed by atoms with van der Waals surface area (Å²) in [4.78, 5) is 30.0. The minimum Gasteiger partial charge on any atom is -0.494 e. The SMILES string of the molecule is CCCCCCCCCCOc1ccc(-c2nc3cc(C(=O)Oc4ccc(C(=O)O[C@@H](C)CCCCCC)cc4)ccc3o2)cc1. The Hall–Kier alpha value is -4.13. The normalized spacial score (nSPS) is 11.8. The summed E-state index contributed by atoms with van der Waals surface area (Å²) in [5, 5.41) is 0. The van der Waals surface area contributed by atoms with Gasteiger partial charge in [0.25, 0.3) is 0 Å². The van der Waals surface area contributed by atoms with Gasteiger partial charge in [-0.1, -0.05) is 78.1 Å². The second kappa shape index (κ2) is 18.7. The van der Waals surface area contributed by atoms with E-state index in [1.807, 2.05) is 31.2 Å². The lowest BCUT2D eigenvalue weighted by molar-refractivity contribution is 0.0319. The molecule has 0 bridgehead atoms. The number of oxazole rings is 1. The first-order valence-electron chi connectivity index (χ1n) is 17.1. The van der Waals surface area contributed by atoms with E-state index in [9.17, 15) is 9.59 Å². The van der Waals surface area contributed by atoms with Crippen LogP contribution in [0.1, 0.15) is 125 Å². The monoisotopic (exact) mass is 627 g/mol. The molecule has 1 aromatic heterocycles. The van der Waals surface area contributed by atoms with Gasteiger partial charge in [-0.05, 0) is 92.9 Å². The van der Waals surface area contributed by atoms with E-state index in [-0.39, 0.29) is 12.1 Å². The molecule has 246 valence electrons. The Morgan fingerprint density at radius 2 is 1.30 bits per heavy atom. The van der Waals surface area contributed by atoms with Gasteiger partial charge in [0, 0.05) is 5.56 Å². The van der Waals surface area contributed by atoms with E-state index >= 15 is 0 Å². The molecule has 46 heavy (non-hydrogen) atoms. The number of nitrogens with zero attached hydrogens (tertiary/aromatic N) is 1. The van der Waals surface area contributed by atoms with Crippen molar-refractivity contribution in [1.82, 2.24) is 4.98 Å². The van der Waals surface area contributed by atoms with Crippen LogP contribution in [0.15, 0.2) is 71.1 Å². The second-order valence-corrected chi connectivity index (χ2v) is 12.0. The van der Waals surface area contributed by atoms with Gasteiger partial charge in [0.1, 0.15) is 17.0 Å². The Morgan fingerprint density at radius 1 is 0.696 bits per heavy atom. The molecule has 0 saturated carbocycles. The van der Waals surface area contributed by atoms with E-state index in [4.69, 9.17) is 18.6 Å². The summed E-state index contributed by atoms with van der Waals surface area (Å²) in [6.45, 7) is 7.05. The highest BCUT2D eigenvalue weighted by molar-refractivity contribution is 5.95. The number of carbonyl (C=O) groups excluding carboxylic acids is 2. The highest BCUT2D eigenvalue weighted by Gasteiger charge is 2.16. The summed E-state index contributed by atoms with van der Waals surface area (Å²) in [7, 11) is 0. The van der Waals surface area contributed by atoms with E-state index in [2.05, 4.69) is 18.8 Å². The molecule has 0 amide bonds. The molecule has 0 aliphatic rings. The van der Waals surface area contributed by atoms with Crippen molar-refractivity contribution in [3.8, 4) is 23.0 Å². The Morgan fingerprint density at radius 3 is 2.00 bits per heavy atom. The van der Waals surface area contributed by atoms with Gasteiger partial charge in [-0.2, -0.15) is 0 Å². The fourth-order valence-electron chi connectivity index (χ4n) is 5.29. The lowest BCUT2D eigenvalue weighted by atomic mass is 10.1. The van der Waals surface area contributed by atoms with Crippen LogP contribution in [-0.4, -0.2) is 29.6 Å². The number of aromatic nitrogens is 1. The van der Waals surface area contributed by atoms with Gasteiger partial charge in [0.15, 0.2) is 5.58 Å².